The number of aromatic amines is 1. The minimum atomic E-state index is 0.0494. The number of aromatic nitrogens is 3. The number of amides is 1. The van der Waals surface area contributed by atoms with Crippen molar-refractivity contribution in [1.29, 1.82) is 0 Å². The van der Waals surface area contributed by atoms with Gasteiger partial charge in [0, 0.05) is 23.8 Å². The zero-order chi connectivity index (χ0) is 17.1. The van der Waals surface area contributed by atoms with Gasteiger partial charge >= 0.3 is 0 Å². The van der Waals surface area contributed by atoms with Crippen LogP contribution >= 0.6 is 11.3 Å². The second-order valence-electron chi connectivity index (χ2n) is 6.98. The quantitative estimate of drug-likeness (QED) is 0.916. The van der Waals surface area contributed by atoms with E-state index in [2.05, 4.69) is 50.0 Å². The molecule has 25 heavy (non-hydrogen) atoms. The molecule has 2 atom stereocenters. The fourth-order valence-corrected chi connectivity index (χ4v) is 4.56. The second kappa shape index (κ2) is 7.52. The Labute approximate surface area is 152 Å². The predicted molar refractivity (Wildman–Crippen MR) is 99.2 cm³/mol. The van der Waals surface area contributed by atoms with Crippen molar-refractivity contribution < 1.29 is 4.79 Å². The molecule has 132 valence electrons. The molecule has 2 aromatic rings. The molecule has 0 radical (unpaired) electrons. The minimum Gasteiger partial charge on any atom is -0.336 e. The van der Waals surface area contributed by atoms with Crippen molar-refractivity contribution in [2.24, 2.45) is 5.92 Å². The van der Waals surface area contributed by atoms with Crippen LogP contribution in [0.2, 0.25) is 0 Å². The van der Waals surface area contributed by atoms with Gasteiger partial charge in [0.25, 0.3) is 0 Å². The molecule has 0 saturated carbocycles. The number of carbonyl (C=O) groups excluding carboxylic acids is 1. The van der Waals surface area contributed by atoms with Crippen LogP contribution in [0.5, 0.6) is 0 Å². The van der Waals surface area contributed by atoms with E-state index in [0.29, 0.717) is 5.91 Å². The molecule has 4 rings (SSSR count). The van der Waals surface area contributed by atoms with Crippen molar-refractivity contribution >= 4 is 23.3 Å². The maximum absolute atomic E-state index is 13.2. The first-order chi connectivity index (χ1) is 12.3. The lowest BCUT2D eigenvalue weighted by Crippen LogP contribution is -2.44. The number of likely N-dealkylation sites (tertiary alicyclic amines) is 1. The third-order valence-electron chi connectivity index (χ3n) is 5.33. The second-order valence-corrected chi connectivity index (χ2v) is 7.96. The zero-order valence-corrected chi connectivity index (χ0v) is 15.2. The van der Waals surface area contributed by atoms with E-state index in [0.717, 1.165) is 50.0 Å². The third-order valence-corrected chi connectivity index (χ3v) is 6.17. The Morgan fingerprint density at radius 3 is 3.04 bits per heavy atom. The van der Waals surface area contributed by atoms with Gasteiger partial charge in [-0.3, -0.25) is 4.79 Å². The fourth-order valence-electron chi connectivity index (χ4n) is 3.93. The lowest BCUT2D eigenvalue weighted by Gasteiger charge is -2.32. The third kappa shape index (κ3) is 3.68. The van der Waals surface area contributed by atoms with E-state index in [1.54, 1.807) is 11.3 Å². The molecule has 0 spiro atoms. The van der Waals surface area contributed by atoms with Gasteiger partial charge in [-0.05, 0) is 43.2 Å². The van der Waals surface area contributed by atoms with Crippen molar-refractivity contribution in [3.63, 3.8) is 0 Å². The van der Waals surface area contributed by atoms with E-state index in [-0.39, 0.29) is 12.0 Å². The van der Waals surface area contributed by atoms with Crippen molar-refractivity contribution in [2.45, 2.75) is 51.0 Å². The van der Waals surface area contributed by atoms with Gasteiger partial charge in [-0.1, -0.05) is 25.0 Å². The Hall–Kier alpha value is -1.95. The summed E-state index contributed by atoms with van der Waals surface area (Å²) >= 11 is 1.74. The number of nitrogens with one attached hydrogen (secondary N) is 1. The molecular weight excluding hydrogens is 332 g/mol. The van der Waals surface area contributed by atoms with Crippen LogP contribution < -0.4 is 0 Å². The molecule has 1 saturated heterocycles. The summed E-state index contributed by atoms with van der Waals surface area (Å²) in [5, 5.41) is 13.2. The van der Waals surface area contributed by atoms with Crippen LogP contribution in [0.15, 0.2) is 23.6 Å². The standard InChI is InChI=1S/C19H24N4OS/c24-19(14-7-10-17-18(13-14)21-22-20-17)23-11-3-1-2-5-15(23)8-9-16-6-4-12-25-16/h4,6,8-9,12,14-15H,1-3,5,7,10-11,13H2,(H,20,21,22)/b9-8+. The molecule has 5 nitrogen and oxygen atoms in total. The van der Waals surface area contributed by atoms with Crippen LogP contribution in [0.1, 0.15) is 48.4 Å². The molecule has 0 aromatic carbocycles. The molecule has 1 aliphatic carbocycles. The predicted octanol–water partition coefficient (Wildman–Crippen LogP) is 3.46. The summed E-state index contributed by atoms with van der Waals surface area (Å²) in [7, 11) is 0. The summed E-state index contributed by atoms with van der Waals surface area (Å²) in [6.07, 6.45) is 11.5. The summed E-state index contributed by atoms with van der Waals surface area (Å²) in [4.78, 5) is 16.6. The lowest BCUT2D eigenvalue weighted by atomic mass is 9.88. The van der Waals surface area contributed by atoms with Gasteiger partial charge in [0.2, 0.25) is 5.91 Å². The first-order valence-corrected chi connectivity index (χ1v) is 10.1. The average Bonchev–Trinajstić information content (AvgIpc) is 3.26. The molecule has 2 aliphatic rings. The fraction of sp³-hybridized carbons (Fsp3) is 0.526. The van der Waals surface area contributed by atoms with Crippen molar-refractivity contribution in [1.82, 2.24) is 20.3 Å². The van der Waals surface area contributed by atoms with Gasteiger partial charge in [-0.15, -0.1) is 11.3 Å². The lowest BCUT2D eigenvalue weighted by molar-refractivity contribution is -0.137. The summed E-state index contributed by atoms with van der Waals surface area (Å²) in [5.41, 5.74) is 2.01. The first kappa shape index (κ1) is 16.5. The van der Waals surface area contributed by atoms with Crippen molar-refractivity contribution in [3.8, 4) is 0 Å². The maximum Gasteiger partial charge on any atom is 0.226 e. The van der Waals surface area contributed by atoms with Gasteiger partial charge in [0.1, 0.15) is 0 Å². The Morgan fingerprint density at radius 1 is 1.24 bits per heavy atom. The number of fused-ring (bicyclic) bond motifs is 1. The number of aryl methyl sites for hydroxylation is 1. The summed E-state index contributed by atoms with van der Waals surface area (Å²) < 4.78 is 0. The number of thiophene rings is 1. The highest BCUT2D eigenvalue weighted by molar-refractivity contribution is 7.10. The van der Waals surface area contributed by atoms with Crippen LogP contribution in [0, 0.1) is 5.92 Å². The van der Waals surface area contributed by atoms with Crippen LogP contribution in [0.4, 0.5) is 0 Å². The number of rotatable bonds is 3. The normalized spacial score (nSPS) is 24.2. The Bertz CT molecular complexity index is 736. The van der Waals surface area contributed by atoms with Gasteiger partial charge in [-0.25, -0.2) is 0 Å². The number of H-pyrrole nitrogens is 1. The van der Waals surface area contributed by atoms with Crippen LogP contribution in [-0.4, -0.2) is 38.8 Å². The van der Waals surface area contributed by atoms with Gasteiger partial charge in [0.05, 0.1) is 17.4 Å². The smallest absolute Gasteiger partial charge is 0.226 e. The van der Waals surface area contributed by atoms with Crippen molar-refractivity contribution in [2.75, 3.05) is 6.54 Å². The highest BCUT2D eigenvalue weighted by Crippen LogP contribution is 2.27. The van der Waals surface area contributed by atoms with Crippen LogP contribution in [-0.2, 0) is 17.6 Å². The molecule has 2 unspecified atom stereocenters. The molecule has 6 heteroatoms. The zero-order valence-electron chi connectivity index (χ0n) is 14.4. The Morgan fingerprint density at radius 2 is 2.16 bits per heavy atom. The molecule has 2 aromatic heterocycles. The summed E-state index contributed by atoms with van der Waals surface area (Å²) in [5.74, 6) is 0.352. The Kier molecular flexibility index (Phi) is 4.97. The monoisotopic (exact) mass is 356 g/mol. The van der Waals surface area contributed by atoms with E-state index in [4.69, 9.17) is 0 Å². The van der Waals surface area contributed by atoms with Gasteiger partial charge < -0.3 is 4.90 Å². The number of hydrogen-bond donors (Lipinski definition) is 1. The van der Waals surface area contributed by atoms with Crippen LogP contribution in [0.3, 0.4) is 0 Å². The van der Waals surface area contributed by atoms with Gasteiger partial charge in [-0.2, -0.15) is 15.4 Å². The molecule has 1 N–H and O–H groups in total. The van der Waals surface area contributed by atoms with E-state index in [1.807, 2.05) is 0 Å². The maximum atomic E-state index is 13.2. The summed E-state index contributed by atoms with van der Waals surface area (Å²) in [6, 6.07) is 4.41. The van der Waals surface area contributed by atoms with Crippen molar-refractivity contribution in [3.05, 3.63) is 39.9 Å². The van der Waals surface area contributed by atoms with E-state index >= 15 is 0 Å². The largest absolute Gasteiger partial charge is 0.336 e. The Balaban J connectivity index is 1.50. The van der Waals surface area contributed by atoms with E-state index < -0.39 is 0 Å². The molecule has 3 heterocycles. The molecular formula is C19H24N4OS. The highest BCUT2D eigenvalue weighted by atomic mass is 32.1. The SMILES string of the molecule is O=C(C1CCc2n[nH]nc2C1)N1CCCCCC1/C=C/c1cccs1. The van der Waals surface area contributed by atoms with Crippen LogP contribution in [0.25, 0.3) is 6.08 Å². The summed E-state index contributed by atoms with van der Waals surface area (Å²) in [6.45, 7) is 0.875. The number of nitrogens with zero attached hydrogens (tertiary/aromatic N) is 3. The van der Waals surface area contributed by atoms with E-state index in [9.17, 15) is 4.79 Å². The molecule has 1 aliphatic heterocycles. The topological polar surface area (TPSA) is 61.9 Å². The molecule has 1 fully saturated rings. The van der Waals surface area contributed by atoms with Gasteiger partial charge in [0.15, 0.2) is 0 Å². The number of hydrogen-bond acceptors (Lipinski definition) is 4. The highest BCUT2D eigenvalue weighted by Gasteiger charge is 2.33. The number of carbonyl (C=O) groups is 1. The average molecular weight is 356 g/mol. The first-order valence-electron chi connectivity index (χ1n) is 9.22. The minimum absolute atomic E-state index is 0.0494. The molecule has 1 amide bonds. The van der Waals surface area contributed by atoms with E-state index in [1.165, 1.54) is 17.7 Å². The molecule has 0 bridgehead atoms.